The number of nitrogens with two attached hydrogens (primary N) is 1. The molecule has 10 nitrogen and oxygen atoms in total. The molecule has 1 aromatic carbocycles. The van der Waals surface area contributed by atoms with Crippen molar-refractivity contribution >= 4 is 52.5 Å². The van der Waals surface area contributed by atoms with Crippen LogP contribution in [0.1, 0.15) is 28.8 Å². The smallest absolute Gasteiger partial charge is 0.356 e. The molecule has 0 saturated carbocycles. The molecule has 2 amide bonds. The van der Waals surface area contributed by atoms with Gasteiger partial charge in [-0.05, 0) is 30.2 Å². The van der Waals surface area contributed by atoms with E-state index in [1.807, 2.05) is 0 Å². The first kappa shape index (κ1) is 28.1. The second-order valence-electron chi connectivity index (χ2n) is 7.97. The molecule has 3 aromatic heterocycles. The Bertz CT molecular complexity index is 1590. The number of hydrogen-bond donors (Lipinski definition) is 2. The lowest BCUT2D eigenvalue weighted by Crippen LogP contribution is -2.48. The number of amides is 2. The Morgan fingerprint density at radius 2 is 1.85 bits per heavy atom. The third kappa shape index (κ3) is 5.74. The van der Waals surface area contributed by atoms with Crippen molar-refractivity contribution in [3.8, 4) is 11.8 Å². The van der Waals surface area contributed by atoms with Gasteiger partial charge in [0.1, 0.15) is 17.1 Å². The average molecular weight is 592 g/mol. The maximum Gasteiger partial charge on any atom is 0.356 e. The van der Waals surface area contributed by atoms with Crippen LogP contribution < -0.4 is 5.73 Å². The van der Waals surface area contributed by atoms with Gasteiger partial charge in [-0.3, -0.25) is 9.82 Å². The molecule has 1 aliphatic rings. The number of fused-ring (bicyclic) bond motifs is 1. The van der Waals surface area contributed by atoms with Gasteiger partial charge >= 0.3 is 12.0 Å². The molecule has 5 rings (SSSR count). The summed E-state index contributed by atoms with van der Waals surface area (Å²) in [6.45, 7) is 0.195. The third-order valence-electron chi connectivity index (χ3n) is 5.66. The van der Waals surface area contributed by atoms with E-state index in [1.165, 1.54) is 0 Å². The number of halogens is 4. The Morgan fingerprint density at radius 1 is 1.10 bits per heavy atom. The maximum atomic E-state index is 15.8. The predicted molar refractivity (Wildman–Crippen MR) is 140 cm³/mol. The van der Waals surface area contributed by atoms with Crippen LogP contribution in [0, 0.1) is 17.7 Å². The van der Waals surface area contributed by atoms with Crippen LogP contribution in [-0.2, 0) is 15.2 Å². The van der Waals surface area contributed by atoms with Gasteiger partial charge in [0.25, 0.3) is 3.79 Å². The molecule has 0 radical (unpaired) electrons. The number of hydroxylamine groups is 2. The molecular weight excluding hydrogens is 574 g/mol. The highest BCUT2D eigenvalue weighted by molar-refractivity contribution is 6.75. The number of urea groups is 1. The standard InChI is InChI=1S/C23H17FN6O2.C2HCl3O2/c24-21-16(8-9-18-15-27-20-7-3-12-28-29(18)20)4-1-6-19(21)23(17-5-2-11-26-14-17)10-13-32-30(23)22(25)31;3-2(4,5)1(6)7/h1-7,11-12,14-15H,10,13H2,(H2,25,31);(H,6,7). The Kier molecular flexibility index (Phi) is 8.22. The van der Waals surface area contributed by atoms with E-state index in [4.69, 9.17) is 50.5 Å². The lowest BCUT2D eigenvalue weighted by molar-refractivity contribution is -0.135. The lowest BCUT2D eigenvalue weighted by atomic mass is 9.80. The van der Waals surface area contributed by atoms with Gasteiger partial charge in [0.2, 0.25) is 0 Å². The minimum atomic E-state index is -2.17. The summed E-state index contributed by atoms with van der Waals surface area (Å²) in [6, 6.07) is 11.1. The number of rotatable bonds is 2. The second kappa shape index (κ2) is 11.4. The second-order valence-corrected chi connectivity index (χ2v) is 10.3. The Morgan fingerprint density at radius 3 is 2.51 bits per heavy atom. The fraction of sp³-hybridized carbons (Fsp3) is 0.160. The Labute approximate surface area is 236 Å². The van der Waals surface area contributed by atoms with Crippen LogP contribution in [-0.4, -0.2) is 52.2 Å². The van der Waals surface area contributed by atoms with Gasteiger partial charge in [-0.2, -0.15) is 10.2 Å². The van der Waals surface area contributed by atoms with Crippen LogP contribution in [0.5, 0.6) is 0 Å². The molecule has 0 bridgehead atoms. The summed E-state index contributed by atoms with van der Waals surface area (Å²) < 4.78 is 15.2. The van der Waals surface area contributed by atoms with Crippen LogP contribution in [0.25, 0.3) is 5.65 Å². The van der Waals surface area contributed by atoms with Crippen molar-refractivity contribution in [3.05, 3.63) is 95.5 Å². The number of alkyl halides is 3. The minimum absolute atomic E-state index is 0.160. The third-order valence-corrected chi connectivity index (χ3v) is 6.15. The van der Waals surface area contributed by atoms with Crippen molar-refractivity contribution in [2.24, 2.45) is 5.73 Å². The van der Waals surface area contributed by atoms with Crippen LogP contribution in [0.3, 0.4) is 0 Å². The van der Waals surface area contributed by atoms with Gasteiger partial charge in [0.15, 0.2) is 5.65 Å². The number of carboxylic acids is 1. The van der Waals surface area contributed by atoms with E-state index in [2.05, 4.69) is 26.9 Å². The van der Waals surface area contributed by atoms with E-state index < -0.39 is 27.1 Å². The summed E-state index contributed by atoms with van der Waals surface area (Å²) in [6.07, 6.45) is 6.69. The molecule has 0 aliphatic carbocycles. The average Bonchev–Trinajstić information content (AvgIpc) is 3.54. The number of nitrogens with zero attached hydrogens (tertiary/aromatic N) is 5. The van der Waals surface area contributed by atoms with Gasteiger partial charge in [0.05, 0.1) is 18.4 Å². The lowest BCUT2D eigenvalue weighted by Gasteiger charge is -2.36. The molecule has 4 heterocycles. The van der Waals surface area contributed by atoms with Crippen molar-refractivity contribution in [3.63, 3.8) is 0 Å². The van der Waals surface area contributed by atoms with Crippen LogP contribution in [0.4, 0.5) is 9.18 Å². The molecule has 1 saturated heterocycles. The number of benzene rings is 1. The Balaban J connectivity index is 0.000000448. The van der Waals surface area contributed by atoms with E-state index in [0.29, 0.717) is 23.3 Å². The normalized spacial score (nSPS) is 16.7. The predicted octanol–water partition coefficient (Wildman–Crippen LogP) is 4.06. The highest BCUT2D eigenvalue weighted by Gasteiger charge is 2.50. The van der Waals surface area contributed by atoms with Crippen LogP contribution in [0.2, 0.25) is 0 Å². The number of aliphatic carboxylic acids is 1. The largest absolute Gasteiger partial charge is 0.478 e. The molecular formula is C25H18Cl3FN6O4. The molecule has 1 aliphatic heterocycles. The molecule has 1 atom stereocenters. The number of primary amides is 1. The number of pyridine rings is 1. The van der Waals surface area contributed by atoms with E-state index >= 15 is 4.39 Å². The molecule has 39 heavy (non-hydrogen) atoms. The number of carboxylic acid groups (broad SMARTS) is 1. The van der Waals surface area contributed by atoms with Gasteiger partial charge in [-0.25, -0.2) is 23.5 Å². The zero-order chi connectivity index (χ0) is 28.2. The topological polar surface area (TPSA) is 136 Å². The minimum Gasteiger partial charge on any atom is -0.478 e. The Hall–Kier alpha value is -3.95. The van der Waals surface area contributed by atoms with Crippen molar-refractivity contribution in [1.82, 2.24) is 24.6 Å². The summed E-state index contributed by atoms with van der Waals surface area (Å²) in [5.74, 6) is 3.77. The van der Waals surface area contributed by atoms with Crippen molar-refractivity contribution < 1.29 is 23.9 Å². The van der Waals surface area contributed by atoms with Crippen LogP contribution in [0.15, 0.2) is 67.3 Å². The molecule has 3 N–H and O–H groups in total. The molecule has 14 heteroatoms. The highest BCUT2D eigenvalue weighted by atomic mass is 35.6. The van der Waals surface area contributed by atoms with Gasteiger partial charge in [-0.15, -0.1) is 0 Å². The number of aromatic nitrogens is 4. The highest BCUT2D eigenvalue weighted by Crippen LogP contribution is 2.44. The molecule has 4 aromatic rings. The van der Waals surface area contributed by atoms with Gasteiger partial charge < -0.3 is 10.8 Å². The summed E-state index contributed by atoms with van der Waals surface area (Å²) in [5.41, 5.74) is 6.47. The van der Waals surface area contributed by atoms with E-state index in [-0.39, 0.29) is 17.7 Å². The zero-order valence-electron chi connectivity index (χ0n) is 19.8. The molecule has 0 spiro atoms. The van der Waals surface area contributed by atoms with E-state index in [9.17, 15) is 9.59 Å². The molecule has 1 unspecified atom stereocenters. The number of carbonyl (C=O) groups is 2. The maximum absolute atomic E-state index is 15.8. The van der Waals surface area contributed by atoms with Crippen LogP contribution >= 0.6 is 34.8 Å². The monoisotopic (exact) mass is 590 g/mol. The van der Waals surface area contributed by atoms with Crippen molar-refractivity contribution in [2.45, 2.75) is 15.8 Å². The first-order chi connectivity index (χ1) is 18.6. The molecule has 1 fully saturated rings. The first-order valence-electron chi connectivity index (χ1n) is 11.1. The number of imidazole rings is 1. The fourth-order valence-electron chi connectivity index (χ4n) is 4.01. The fourth-order valence-corrected chi connectivity index (χ4v) is 4.01. The summed E-state index contributed by atoms with van der Waals surface area (Å²) in [7, 11) is 0. The van der Waals surface area contributed by atoms with E-state index in [0.717, 1.165) is 5.06 Å². The zero-order valence-corrected chi connectivity index (χ0v) is 22.0. The summed E-state index contributed by atoms with van der Waals surface area (Å²) >= 11 is 14.4. The van der Waals surface area contributed by atoms with Crippen molar-refractivity contribution in [2.75, 3.05) is 6.61 Å². The van der Waals surface area contributed by atoms with E-state index in [1.54, 1.807) is 71.8 Å². The van der Waals surface area contributed by atoms with Gasteiger partial charge in [-0.1, -0.05) is 58.9 Å². The summed E-state index contributed by atoms with van der Waals surface area (Å²) in [4.78, 5) is 35.7. The SMILES string of the molecule is NC(=O)N1OCCC1(c1cccnc1)c1cccc(C#Cc2cnc3cccnn23)c1F.O=C(O)C(Cl)(Cl)Cl. The quantitative estimate of drug-likeness (QED) is 0.265. The van der Waals surface area contributed by atoms with Gasteiger partial charge in [0, 0.05) is 36.1 Å². The summed E-state index contributed by atoms with van der Waals surface area (Å²) in [5, 5.41) is 13.1. The molecule has 200 valence electrons. The number of hydrogen-bond acceptors (Lipinski definition) is 6. The van der Waals surface area contributed by atoms with Crippen molar-refractivity contribution in [1.29, 1.82) is 0 Å². The first-order valence-corrected chi connectivity index (χ1v) is 12.2. The number of carbonyl (C=O) groups excluding carboxylic acids is 1.